The first-order chi connectivity index (χ1) is 5.65. The molecular formula is C8H15N3O. The van der Waals surface area contributed by atoms with E-state index in [2.05, 4.69) is 23.8 Å². The topological polar surface area (TPSA) is 53.1 Å². The summed E-state index contributed by atoms with van der Waals surface area (Å²) in [5.74, 6) is 5.05. The van der Waals surface area contributed by atoms with Crippen molar-refractivity contribution in [3.8, 4) is 0 Å². The third-order valence-corrected chi connectivity index (χ3v) is 1.82. The molecule has 0 saturated heterocycles. The molecule has 0 spiro atoms. The number of hydrogen-bond acceptors (Lipinski definition) is 3. The Kier molecular flexibility index (Phi) is 2.83. The van der Waals surface area contributed by atoms with Gasteiger partial charge >= 0.3 is 0 Å². The Bertz CT molecular complexity index is 244. The van der Waals surface area contributed by atoms with E-state index < -0.39 is 0 Å². The highest BCUT2D eigenvalue weighted by Gasteiger charge is 2.07. The van der Waals surface area contributed by atoms with E-state index in [1.807, 2.05) is 17.8 Å². The van der Waals surface area contributed by atoms with E-state index >= 15 is 0 Å². The first-order valence-electron chi connectivity index (χ1n) is 4.04. The minimum absolute atomic E-state index is 0.0856. The second-order valence-corrected chi connectivity index (χ2v) is 3.13. The minimum Gasteiger partial charge on any atom is -0.297 e. The molecule has 1 aromatic rings. The van der Waals surface area contributed by atoms with Crippen molar-refractivity contribution >= 4 is 0 Å². The molecule has 0 aliphatic rings. The van der Waals surface area contributed by atoms with Crippen LogP contribution in [0.5, 0.6) is 0 Å². The first kappa shape index (κ1) is 9.22. The zero-order valence-electron chi connectivity index (χ0n) is 7.69. The first-order valence-corrected chi connectivity index (χ1v) is 4.04. The zero-order valence-corrected chi connectivity index (χ0v) is 7.69. The van der Waals surface area contributed by atoms with Gasteiger partial charge in [-0.1, -0.05) is 0 Å². The normalized spacial score (nSPS) is 13.8. The molecule has 1 atom stereocenters. The summed E-state index contributed by atoms with van der Waals surface area (Å²) >= 11 is 0. The minimum atomic E-state index is -0.0856. The Hall–Kier alpha value is -0.870. The summed E-state index contributed by atoms with van der Waals surface area (Å²) in [4.78, 5) is 4.68. The zero-order chi connectivity index (χ0) is 9.14. The molecule has 1 unspecified atom stereocenters. The van der Waals surface area contributed by atoms with Crippen LogP contribution in [0.3, 0.4) is 0 Å². The van der Waals surface area contributed by atoms with Gasteiger partial charge in [0.05, 0.1) is 6.20 Å². The van der Waals surface area contributed by atoms with Crippen molar-refractivity contribution in [2.24, 2.45) is 5.90 Å². The largest absolute Gasteiger partial charge is 0.297 e. The van der Waals surface area contributed by atoms with Gasteiger partial charge in [0.1, 0.15) is 6.10 Å². The average Bonchev–Trinajstić information content (AvgIpc) is 2.51. The van der Waals surface area contributed by atoms with Crippen molar-refractivity contribution < 1.29 is 4.84 Å². The van der Waals surface area contributed by atoms with E-state index in [1.54, 1.807) is 6.20 Å². The van der Waals surface area contributed by atoms with Crippen molar-refractivity contribution in [1.29, 1.82) is 0 Å². The number of rotatable bonds is 3. The fourth-order valence-electron chi connectivity index (χ4n) is 0.924. The van der Waals surface area contributed by atoms with Gasteiger partial charge in [0, 0.05) is 17.8 Å². The van der Waals surface area contributed by atoms with Crippen LogP contribution in [-0.4, -0.2) is 9.78 Å². The van der Waals surface area contributed by atoms with Crippen LogP contribution in [0.4, 0.5) is 0 Å². The number of hydrogen-bond donors (Lipinski definition) is 1. The van der Waals surface area contributed by atoms with Crippen LogP contribution in [0.1, 0.15) is 38.5 Å². The second-order valence-electron chi connectivity index (χ2n) is 3.13. The second kappa shape index (κ2) is 3.69. The fraction of sp³-hybridized carbons (Fsp3) is 0.625. The number of nitrogens with two attached hydrogens (primary N) is 1. The highest BCUT2D eigenvalue weighted by Crippen LogP contribution is 2.14. The van der Waals surface area contributed by atoms with Crippen LogP contribution < -0.4 is 5.90 Å². The van der Waals surface area contributed by atoms with Crippen LogP contribution in [0, 0.1) is 0 Å². The molecule has 0 saturated carbocycles. The molecule has 2 N–H and O–H groups in total. The van der Waals surface area contributed by atoms with Gasteiger partial charge in [0.25, 0.3) is 0 Å². The molecule has 0 fully saturated rings. The smallest absolute Gasteiger partial charge is 0.104 e. The van der Waals surface area contributed by atoms with Crippen molar-refractivity contribution in [1.82, 2.24) is 9.78 Å². The molecule has 12 heavy (non-hydrogen) atoms. The molecule has 4 heteroatoms. The summed E-state index contributed by atoms with van der Waals surface area (Å²) < 4.78 is 1.88. The predicted octanol–water partition coefficient (Wildman–Crippen LogP) is 1.42. The van der Waals surface area contributed by atoms with Gasteiger partial charge in [0.2, 0.25) is 0 Å². The van der Waals surface area contributed by atoms with E-state index in [-0.39, 0.29) is 6.10 Å². The van der Waals surface area contributed by atoms with E-state index in [4.69, 9.17) is 5.90 Å². The summed E-state index contributed by atoms with van der Waals surface area (Å²) in [5, 5.41) is 4.17. The third-order valence-electron chi connectivity index (χ3n) is 1.82. The molecule has 0 bridgehead atoms. The summed E-state index contributed by atoms with van der Waals surface area (Å²) in [7, 11) is 0. The molecule has 0 aliphatic heterocycles. The lowest BCUT2D eigenvalue weighted by atomic mass is 10.2. The van der Waals surface area contributed by atoms with E-state index in [0.717, 1.165) is 5.56 Å². The monoisotopic (exact) mass is 169 g/mol. The highest BCUT2D eigenvalue weighted by molar-refractivity contribution is 5.07. The van der Waals surface area contributed by atoms with Crippen molar-refractivity contribution in [2.45, 2.75) is 32.9 Å². The Balaban J connectivity index is 2.77. The standard InChI is InChI=1S/C8H15N3O/c1-6(2)11-5-8(4-10-11)7(3)12-9/h4-7H,9H2,1-3H3. The Labute approximate surface area is 72.3 Å². The number of nitrogens with zero attached hydrogens (tertiary/aromatic N) is 2. The van der Waals surface area contributed by atoms with E-state index in [9.17, 15) is 0 Å². The maximum absolute atomic E-state index is 5.05. The Morgan fingerprint density at radius 1 is 1.50 bits per heavy atom. The fourth-order valence-corrected chi connectivity index (χ4v) is 0.924. The van der Waals surface area contributed by atoms with Crippen molar-refractivity contribution in [3.63, 3.8) is 0 Å². The predicted molar refractivity (Wildman–Crippen MR) is 46.3 cm³/mol. The van der Waals surface area contributed by atoms with E-state index in [1.165, 1.54) is 0 Å². The molecule has 1 rings (SSSR count). The van der Waals surface area contributed by atoms with Crippen molar-refractivity contribution in [2.75, 3.05) is 0 Å². The molecular weight excluding hydrogens is 154 g/mol. The molecule has 4 nitrogen and oxygen atoms in total. The summed E-state index contributed by atoms with van der Waals surface area (Å²) in [6, 6.07) is 0.378. The summed E-state index contributed by atoms with van der Waals surface area (Å²) in [5.41, 5.74) is 1.01. The van der Waals surface area contributed by atoms with Gasteiger partial charge < -0.3 is 0 Å². The lowest BCUT2D eigenvalue weighted by Crippen LogP contribution is -2.05. The third kappa shape index (κ3) is 1.84. The van der Waals surface area contributed by atoms with Gasteiger partial charge in [0.15, 0.2) is 0 Å². The molecule has 0 aromatic carbocycles. The molecule has 1 aromatic heterocycles. The van der Waals surface area contributed by atoms with Crippen molar-refractivity contribution in [3.05, 3.63) is 18.0 Å². The number of aromatic nitrogens is 2. The maximum atomic E-state index is 5.05. The Morgan fingerprint density at radius 2 is 2.17 bits per heavy atom. The molecule has 0 aliphatic carbocycles. The van der Waals surface area contributed by atoms with Gasteiger partial charge in [-0.25, -0.2) is 5.90 Å². The highest BCUT2D eigenvalue weighted by atomic mass is 16.6. The van der Waals surface area contributed by atoms with Gasteiger partial charge in [-0.3, -0.25) is 9.52 Å². The lowest BCUT2D eigenvalue weighted by molar-refractivity contribution is 0.0663. The van der Waals surface area contributed by atoms with Gasteiger partial charge in [-0.15, -0.1) is 0 Å². The molecule has 0 radical (unpaired) electrons. The molecule has 68 valence electrons. The quantitative estimate of drug-likeness (QED) is 0.696. The molecule has 1 heterocycles. The molecule has 0 amide bonds. The van der Waals surface area contributed by atoms with Crippen LogP contribution in [0.15, 0.2) is 12.4 Å². The lowest BCUT2D eigenvalue weighted by Gasteiger charge is -2.05. The maximum Gasteiger partial charge on any atom is 0.104 e. The van der Waals surface area contributed by atoms with Crippen LogP contribution in [-0.2, 0) is 4.84 Å². The van der Waals surface area contributed by atoms with E-state index in [0.29, 0.717) is 6.04 Å². The SMILES string of the molecule is CC(ON)c1cnn(C(C)C)c1. The Morgan fingerprint density at radius 3 is 2.58 bits per heavy atom. The summed E-state index contributed by atoms with van der Waals surface area (Å²) in [6.07, 6.45) is 3.64. The van der Waals surface area contributed by atoms with Crippen LogP contribution in [0.2, 0.25) is 0 Å². The van der Waals surface area contributed by atoms with Crippen LogP contribution >= 0.6 is 0 Å². The van der Waals surface area contributed by atoms with Crippen LogP contribution in [0.25, 0.3) is 0 Å². The average molecular weight is 169 g/mol. The summed E-state index contributed by atoms with van der Waals surface area (Å²) in [6.45, 7) is 6.04. The van der Waals surface area contributed by atoms with Gasteiger partial charge in [-0.2, -0.15) is 5.10 Å². The van der Waals surface area contributed by atoms with Gasteiger partial charge in [-0.05, 0) is 20.8 Å².